The summed E-state index contributed by atoms with van der Waals surface area (Å²) in [5, 5.41) is 3.62. The van der Waals surface area contributed by atoms with Gasteiger partial charge in [-0.3, -0.25) is 0 Å². The van der Waals surface area contributed by atoms with E-state index in [1.54, 1.807) is 24.3 Å². The summed E-state index contributed by atoms with van der Waals surface area (Å²) in [5.41, 5.74) is 0.415. The zero-order chi connectivity index (χ0) is 12.7. The standard InChI is InChI=1S/C13H18ClNO2.ClH/c1-10(2)9-15-7-8-17-13(16)11-5-3-4-6-12(11)14;/h3-6,10,15H,7-9H2,1-2H3;1H. The Labute approximate surface area is 119 Å². The Hall–Kier alpha value is -0.770. The summed E-state index contributed by atoms with van der Waals surface area (Å²) in [7, 11) is 0. The summed E-state index contributed by atoms with van der Waals surface area (Å²) in [5.74, 6) is 0.219. The quantitative estimate of drug-likeness (QED) is 0.646. The fourth-order valence-corrected chi connectivity index (χ4v) is 1.52. The molecule has 0 heterocycles. The highest BCUT2D eigenvalue weighted by Gasteiger charge is 2.10. The maximum absolute atomic E-state index is 11.6. The Morgan fingerprint density at radius 3 is 2.67 bits per heavy atom. The van der Waals surface area contributed by atoms with Crippen molar-refractivity contribution in [3.8, 4) is 0 Å². The lowest BCUT2D eigenvalue weighted by Crippen LogP contribution is -2.25. The average Bonchev–Trinajstić information content (AvgIpc) is 2.28. The van der Waals surface area contributed by atoms with E-state index in [0.29, 0.717) is 29.7 Å². The molecule has 0 aromatic heterocycles. The van der Waals surface area contributed by atoms with Gasteiger partial charge >= 0.3 is 5.97 Å². The van der Waals surface area contributed by atoms with E-state index in [2.05, 4.69) is 19.2 Å². The molecular weight excluding hydrogens is 273 g/mol. The molecule has 0 unspecified atom stereocenters. The number of carbonyl (C=O) groups excluding carboxylic acids is 1. The summed E-state index contributed by atoms with van der Waals surface area (Å²) < 4.78 is 5.10. The second-order valence-electron chi connectivity index (χ2n) is 4.21. The molecule has 1 aromatic rings. The van der Waals surface area contributed by atoms with Crippen LogP contribution in [0.3, 0.4) is 0 Å². The molecule has 0 atom stereocenters. The van der Waals surface area contributed by atoms with Crippen molar-refractivity contribution in [3.05, 3.63) is 34.9 Å². The second-order valence-corrected chi connectivity index (χ2v) is 4.62. The molecule has 1 aromatic carbocycles. The van der Waals surface area contributed by atoms with Crippen molar-refractivity contribution < 1.29 is 9.53 Å². The molecule has 0 aliphatic carbocycles. The van der Waals surface area contributed by atoms with Crippen LogP contribution >= 0.6 is 24.0 Å². The molecule has 0 saturated carbocycles. The molecule has 0 aliphatic heterocycles. The van der Waals surface area contributed by atoms with Crippen LogP contribution in [-0.4, -0.2) is 25.7 Å². The first kappa shape index (κ1) is 17.2. The fourth-order valence-electron chi connectivity index (χ4n) is 1.31. The van der Waals surface area contributed by atoms with Crippen LogP contribution < -0.4 is 5.32 Å². The molecule has 0 saturated heterocycles. The molecule has 18 heavy (non-hydrogen) atoms. The number of nitrogens with one attached hydrogen (secondary N) is 1. The van der Waals surface area contributed by atoms with E-state index in [1.807, 2.05) is 0 Å². The third kappa shape index (κ3) is 6.24. The minimum Gasteiger partial charge on any atom is -0.461 e. The average molecular weight is 292 g/mol. The van der Waals surface area contributed by atoms with Gasteiger partial charge in [0.1, 0.15) is 6.61 Å². The molecule has 0 amide bonds. The summed E-state index contributed by atoms with van der Waals surface area (Å²) in [4.78, 5) is 11.6. The van der Waals surface area contributed by atoms with Crippen molar-refractivity contribution in [2.45, 2.75) is 13.8 Å². The lowest BCUT2D eigenvalue weighted by Gasteiger charge is -2.08. The topological polar surface area (TPSA) is 38.3 Å². The van der Waals surface area contributed by atoms with Crippen molar-refractivity contribution in [2.75, 3.05) is 19.7 Å². The highest BCUT2D eigenvalue weighted by molar-refractivity contribution is 6.33. The van der Waals surface area contributed by atoms with Gasteiger partial charge in [-0.15, -0.1) is 12.4 Å². The van der Waals surface area contributed by atoms with Crippen molar-refractivity contribution >= 4 is 30.0 Å². The smallest absolute Gasteiger partial charge is 0.339 e. The number of benzene rings is 1. The SMILES string of the molecule is CC(C)CNCCOC(=O)c1ccccc1Cl.Cl. The Bertz CT molecular complexity index is 370. The molecule has 0 bridgehead atoms. The fraction of sp³-hybridized carbons (Fsp3) is 0.462. The molecular formula is C13H19Cl2NO2. The molecule has 0 aliphatic rings. The largest absolute Gasteiger partial charge is 0.461 e. The van der Waals surface area contributed by atoms with Crippen LogP contribution in [0.2, 0.25) is 5.02 Å². The highest BCUT2D eigenvalue weighted by Crippen LogP contribution is 2.15. The molecule has 1 rings (SSSR count). The Balaban J connectivity index is 0.00000289. The Morgan fingerprint density at radius 2 is 2.06 bits per heavy atom. The van der Waals surface area contributed by atoms with Gasteiger partial charge in [0.15, 0.2) is 0 Å². The van der Waals surface area contributed by atoms with Gasteiger partial charge in [0.05, 0.1) is 10.6 Å². The zero-order valence-corrected chi connectivity index (χ0v) is 12.2. The summed E-state index contributed by atoms with van der Waals surface area (Å²) in [6, 6.07) is 6.88. The Kier molecular flexibility index (Phi) is 8.81. The maximum atomic E-state index is 11.6. The molecule has 102 valence electrons. The van der Waals surface area contributed by atoms with E-state index in [9.17, 15) is 4.79 Å². The van der Waals surface area contributed by atoms with E-state index in [4.69, 9.17) is 16.3 Å². The molecule has 5 heteroatoms. The summed E-state index contributed by atoms with van der Waals surface area (Å²) in [6.45, 7) is 6.19. The van der Waals surface area contributed by atoms with Crippen LogP contribution in [0.25, 0.3) is 0 Å². The molecule has 0 fully saturated rings. The van der Waals surface area contributed by atoms with Crippen LogP contribution in [0, 0.1) is 5.92 Å². The van der Waals surface area contributed by atoms with Gasteiger partial charge in [-0.1, -0.05) is 37.6 Å². The van der Waals surface area contributed by atoms with Crippen molar-refractivity contribution in [1.82, 2.24) is 5.32 Å². The van der Waals surface area contributed by atoms with Crippen LogP contribution in [0.5, 0.6) is 0 Å². The minimum atomic E-state index is -0.373. The van der Waals surface area contributed by atoms with Gasteiger partial charge in [0, 0.05) is 6.54 Å². The highest BCUT2D eigenvalue weighted by atomic mass is 35.5. The number of ether oxygens (including phenoxy) is 1. The third-order valence-electron chi connectivity index (χ3n) is 2.16. The first-order valence-corrected chi connectivity index (χ1v) is 6.11. The molecule has 3 nitrogen and oxygen atoms in total. The van der Waals surface area contributed by atoms with Crippen molar-refractivity contribution in [2.24, 2.45) is 5.92 Å². The first-order valence-electron chi connectivity index (χ1n) is 5.73. The first-order chi connectivity index (χ1) is 8.11. The van der Waals surface area contributed by atoms with Gasteiger partial charge in [0.25, 0.3) is 0 Å². The van der Waals surface area contributed by atoms with Crippen LogP contribution in [0.4, 0.5) is 0 Å². The number of halogens is 2. The van der Waals surface area contributed by atoms with Crippen LogP contribution in [0.15, 0.2) is 24.3 Å². The monoisotopic (exact) mass is 291 g/mol. The van der Waals surface area contributed by atoms with E-state index >= 15 is 0 Å². The maximum Gasteiger partial charge on any atom is 0.339 e. The summed E-state index contributed by atoms with van der Waals surface area (Å²) >= 11 is 5.88. The van der Waals surface area contributed by atoms with Crippen LogP contribution in [-0.2, 0) is 4.74 Å². The predicted octanol–water partition coefficient (Wildman–Crippen LogP) is 3.16. The number of carbonyl (C=O) groups is 1. The lowest BCUT2D eigenvalue weighted by atomic mass is 10.2. The Morgan fingerprint density at radius 1 is 1.39 bits per heavy atom. The lowest BCUT2D eigenvalue weighted by molar-refractivity contribution is 0.0508. The van der Waals surface area contributed by atoms with Gasteiger partial charge < -0.3 is 10.1 Å². The molecule has 1 N–H and O–H groups in total. The molecule has 0 spiro atoms. The second kappa shape index (κ2) is 9.20. The van der Waals surface area contributed by atoms with Gasteiger partial charge in [-0.2, -0.15) is 0 Å². The zero-order valence-electron chi connectivity index (χ0n) is 10.6. The van der Waals surface area contributed by atoms with Crippen molar-refractivity contribution in [3.63, 3.8) is 0 Å². The van der Waals surface area contributed by atoms with Gasteiger partial charge in [-0.25, -0.2) is 4.79 Å². The third-order valence-corrected chi connectivity index (χ3v) is 2.49. The van der Waals surface area contributed by atoms with Crippen LogP contribution in [0.1, 0.15) is 24.2 Å². The van der Waals surface area contributed by atoms with Crippen molar-refractivity contribution in [1.29, 1.82) is 0 Å². The van der Waals surface area contributed by atoms with E-state index in [0.717, 1.165) is 6.54 Å². The molecule has 0 radical (unpaired) electrons. The predicted molar refractivity (Wildman–Crippen MR) is 76.7 cm³/mol. The number of hydrogen-bond donors (Lipinski definition) is 1. The van der Waals surface area contributed by atoms with E-state index < -0.39 is 0 Å². The number of hydrogen-bond acceptors (Lipinski definition) is 3. The number of esters is 1. The number of rotatable bonds is 6. The summed E-state index contributed by atoms with van der Waals surface area (Å²) in [6.07, 6.45) is 0. The van der Waals surface area contributed by atoms with Gasteiger partial charge in [0.2, 0.25) is 0 Å². The normalized spacial score (nSPS) is 10.0. The minimum absolute atomic E-state index is 0. The van der Waals surface area contributed by atoms with E-state index in [1.165, 1.54) is 0 Å². The van der Waals surface area contributed by atoms with Gasteiger partial charge in [-0.05, 0) is 24.6 Å². The van der Waals surface area contributed by atoms with E-state index in [-0.39, 0.29) is 18.4 Å².